The van der Waals surface area contributed by atoms with Crippen molar-refractivity contribution in [2.75, 3.05) is 13.1 Å². The molecule has 1 amide bonds. The number of aliphatic hydroxyl groups is 1. The van der Waals surface area contributed by atoms with Gasteiger partial charge in [0.1, 0.15) is 0 Å². The van der Waals surface area contributed by atoms with Gasteiger partial charge in [-0.05, 0) is 13.3 Å². The number of hydrogen-bond donors (Lipinski definition) is 2. The van der Waals surface area contributed by atoms with E-state index in [1.54, 1.807) is 13.8 Å². The van der Waals surface area contributed by atoms with Gasteiger partial charge in [0, 0.05) is 0 Å². The molecule has 0 saturated carbocycles. The summed E-state index contributed by atoms with van der Waals surface area (Å²) in [5, 5.41) is 9.37. The Morgan fingerprint density at radius 2 is 2.07 bits per heavy atom. The van der Waals surface area contributed by atoms with Crippen LogP contribution < -0.4 is 5.73 Å². The summed E-state index contributed by atoms with van der Waals surface area (Å²) in [5.74, 6) is -1.14. The fourth-order valence-corrected chi connectivity index (χ4v) is 1.42. The van der Waals surface area contributed by atoms with Crippen LogP contribution in [0.2, 0.25) is 0 Å². The minimum Gasteiger partial charge on any atom is -0.386 e. The Balaban J connectivity index is 2.48. The first kappa shape index (κ1) is 11.1. The standard InChI is InChI=1S/C9H16N2O3/c1-3-6(10)7(12)8(13)11-4-9(2,14)5-11/h6,14H,3-5,10H2,1-2H3. The second kappa shape index (κ2) is 3.67. The molecule has 1 aliphatic rings. The largest absolute Gasteiger partial charge is 0.386 e. The van der Waals surface area contributed by atoms with Gasteiger partial charge in [0.15, 0.2) is 0 Å². The van der Waals surface area contributed by atoms with Crippen LogP contribution in [-0.4, -0.2) is 46.4 Å². The third-order valence-corrected chi connectivity index (χ3v) is 2.34. The maximum Gasteiger partial charge on any atom is 0.291 e. The Labute approximate surface area is 82.9 Å². The van der Waals surface area contributed by atoms with Crippen molar-refractivity contribution in [1.82, 2.24) is 4.90 Å². The zero-order valence-electron chi connectivity index (χ0n) is 8.49. The molecule has 1 fully saturated rings. The fourth-order valence-electron chi connectivity index (χ4n) is 1.42. The molecule has 0 bridgehead atoms. The van der Waals surface area contributed by atoms with Crippen molar-refractivity contribution in [2.24, 2.45) is 5.73 Å². The maximum atomic E-state index is 11.4. The normalized spacial score (nSPS) is 21.3. The highest BCUT2D eigenvalue weighted by atomic mass is 16.3. The van der Waals surface area contributed by atoms with Gasteiger partial charge in [-0.25, -0.2) is 0 Å². The number of amides is 1. The smallest absolute Gasteiger partial charge is 0.291 e. The quantitative estimate of drug-likeness (QED) is 0.566. The lowest BCUT2D eigenvalue weighted by atomic mass is 9.95. The van der Waals surface area contributed by atoms with Crippen LogP contribution >= 0.6 is 0 Å². The van der Waals surface area contributed by atoms with Crippen molar-refractivity contribution in [2.45, 2.75) is 31.9 Å². The lowest BCUT2D eigenvalue weighted by Gasteiger charge is -2.43. The zero-order valence-corrected chi connectivity index (χ0v) is 8.49. The number of β-amino-alcohol motifs (C(OH)–C–C–N with tert-alkyl or cyclic N) is 1. The van der Waals surface area contributed by atoms with Gasteiger partial charge >= 0.3 is 0 Å². The van der Waals surface area contributed by atoms with Crippen molar-refractivity contribution in [1.29, 1.82) is 0 Å². The van der Waals surface area contributed by atoms with Crippen LogP contribution in [-0.2, 0) is 9.59 Å². The zero-order chi connectivity index (χ0) is 10.9. The van der Waals surface area contributed by atoms with Gasteiger partial charge in [-0.2, -0.15) is 0 Å². The highest BCUT2D eigenvalue weighted by Gasteiger charge is 2.42. The first-order valence-electron chi connectivity index (χ1n) is 4.68. The molecule has 1 unspecified atom stereocenters. The van der Waals surface area contributed by atoms with Crippen molar-refractivity contribution >= 4 is 11.7 Å². The summed E-state index contributed by atoms with van der Waals surface area (Å²) in [7, 11) is 0. The molecule has 1 atom stereocenters. The molecule has 5 nitrogen and oxygen atoms in total. The van der Waals surface area contributed by atoms with Gasteiger partial charge in [0.2, 0.25) is 5.78 Å². The first-order valence-corrected chi connectivity index (χ1v) is 4.68. The number of nitrogens with two attached hydrogens (primary N) is 1. The number of carbonyl (C=O) groups is 2. The molecule has 1 saturated heterocycles. The summed E-state index contributed by atoms with van der Waals surface area (Å²) in [6.45, 7) is 3.81. The van der Waals surface area contributed by atoms with E-state index < -0.39 is 23.3 Å². The Bertz CT molecular complexity index is 255. The molecule has 80 valence electrons. The minimum absolute atomic E-state index is 0.216. The number of likely N-dealkylation sites (tertiary alicyclic amines) is 1. The second-order valence-electron chi connectivity index (χ2n) is 4.04. The highest BCUT2D eigenvalue weighted by molar-refractivity contribution is 6.38. The summed E-state index contributed by atoms with van der Waals surface area (Å²) < 4.78 is 0. The first-order chi connectivity index (χ1) is 6.37. The Morgan fingerprint density at radius 3 is 2.43 bits per heavy atom. The third kappa shape index (κ3) is 2.10. The van der Waals surface area contributed by atoms with Gasteiger partial charge in [-0.15, -0.1) is 0 Å². The topological polar surface area (TPSA) is 83.6 Å². The molecule has 14 heavy (non-hydrogen) atoms. The van der Waals surface area contributed by atoms with Crippen molar-refractivity contribution < 1.29 is 14.7 Å². The van der Waals surface area contributed by atoms with Gasteiger partial charge in [-0.1, -0.05) is 6.92 Å². The number of nitrogens with zero attached hydrogens (tertiary/aromatic N) is 1. The predicted molar refractivity (Wildman–Crippen MR) is 50.5 cm³/mol. The average Bonchev–Trinajstić information content (AvgIpc) is 2.10. The molecule has 3 N–H and O–H groups in total. The molecular weight excluding hydrogens is 184 g/mol. The minimum atomic E-state index is -0.841. The predicted octanol–water partition coefficient (Wildman–Crippen LogP) is -1.11. The lowest BCUT2D eigenvalue weighted by Crippen LogP contribution is -2.64. The molecule has 1 aliphatic heterocycles. The van der Waals surface area contributed by atoms with Gasteiger partial charge in [0.25, 0.3) is 5.91 Å². The SMILES string of the molecule is CCC(N)C(=O)C(=O)N1CC(C)(O)C1. The van der Waals surface area contributed by atoms with Gasteiger partial charge < -0.3 is 15.7 Å². The molecule has 0 aliphatic carbocycles. The molecule has 0 radical (unpaired) electrons. The van der Waals surface area contributed by atoms with Crippen LogP contribution in [0, 0.1) is 0 Å². The van der Waals surface area contributed by atoms with E-state index in [-0.39, 0.29) is 13.1 Å². The van der Waals surface area contributed by atoms with Crippen LogP contribution in [0.15, 0.2) is 0 Å². The monoisotopic (exact) mass is 200 g/mol. The van der Waals surface area contributed by atoms with E-state index in [4.69, 9.17) is 5.73 Å². The lowest BCUT2D eigenvalue weighted by molar-refractivity contribution is -0.159. The van der Waals surface area contributed by atoms with Crippen LogP contribution in [0.4, 0.5) is 0 Å². The number of Topliss-reactive ketones (excluding diaryl/α,β-unsaturated/α-hetero) is 1. The Hall–Kier alpha value is -0.940. The average molecular weight is 200 g/mol. The Morgan fingerprint density at radius 1 is 1.57 bits per heavy atom. The van der Waals surface area contributed by atoms with Crippen molar-refractivity contribution in [3.05, 3.63) is 0 Å². The molecule has 0 aromatic rings. The summed E-state index contributed by atoms with van der Waals surface area (Å²) in [5.41, 5.74) is 4.60. The van der Waals surface area contributed by atoms with Crippen molar-refractivity contribution in [3.63, 3.8) is 0 Å². The van der Waals surface area contributed by atoms with E-state index >= 15 is 0 Å². The van der Waals surface area contributed by atoms with Crippen LogP contribution in [0.1, 0.15) is 20.3 Å². The number of rotatable bonds is 3. The van der Waals surface area contributed by atoms with E-state index in [9.17, 15) is 14.7 Å². The summed E-state index contributed by atoms with van der Waals surface area (Å²) in [6.07, 6.45) is 0.453. The third-order valence-electron chi connectivity index (χ3n) is 2.34. The number of hydrogen-bond acceptors (Lipinski definition) is 4. The van der Waals surface area contributed by atoms with E-state index in [0.717, 1.165) is 0 Å². The molecule has 5 heteroatoms. The number of ketones is 1. The van der Waals surface area contributed by atoms with Gasteiger partial charge in [-0.3, -0.25) is 9.59 Å². The Kier molecular flexibility index (Phi) is 2.92. The second-order valence-corrected chi connectivity index (χ2v) is 4.04. The van der Waals surface area contributed by atoms with Gasteiger partial charge in [0.05, 0.1) is 24.7 Å². The van der Waals surface area contributed by atoms with Crippen LogP contribution in [0.5, 0.6) is 0 Å². The van der Waals surface area contributed by atoms with Crippen LogP contribution in [0.3, 0.4) is 0 Å². The van der Waals surface area contributed by atoms with E-state index in [0.29, 0.717) is 6.42 Å². The molecule has 0 aromatic heterocycles. The molecule has 0 spiro atoms. The molecule has 1 rings (SSSR count). The molecule has 0 aromatic carbocycles. The number of carbonyl (C=O) groups excluding carboxylic acids is 2. The van der Waals surface area contributed by atoms with E-state index in [1.807, 2.05) is 0 Å². The van der Waals surface area contributed by atoms with Crippen molar-refractivity contribution in [3.8, 4) is 0 Å². The maximum absolute atomic E-state index is 11.4. The fraction of sp³-hybridized carbons (Fsp3) is 0.778. The highest BCUT2D eigenvalue weighted by Crippen LogP contribution is 2.19. The summed E-state index contributed by atoms with van der Waals surface area (Å²) in [4.78, 5) is 24.0. The van der Waals surface area contributed by atoms with E-state index in [1.165, 1.54) is 4.90 Å². The van der Waals surface area contributed by atoms with Crippen LogP contribution in [0.25, 0.3) is 0 Å². The summed E-state index contributed by atoms with van der Waals surface area (Å²) >= 11 is 0. The summed E-state index contributed by atoms with van der Waals surface area (Å²) in [6, 6.07) is -0.715. The molecule has 1 heterocycles. The van der Waals surface area contributed by atoms with E-state index in [2.05, 4.69) is 0 Å². The molecular formula is C9H16N2O3.